The SMILES string of the molecule is Cc1cc(C)c2c(c1)C(=O)N(C)CC2. The van der Waals surface area contributed by atoms with Gasteiger partial charge in [-0.3, -0.25) is 4.79 Å². The topological polar surface area (TPSA) is 20.3 Å². The van der Waals surface area contributed by atoms with E-state index in [2.05, 4.69) is 13.0 Å². The lowest BCUT2D eigenvalue weighted by atomic mass is 9.93. The van der Waals surface area contributed by atoms with Gasteiger partial charge in [-0.25, -0.2) is 0 Å². The van der Waals surface area contributed by atoms with Crippen molar-refractivity contribution >= 4 is 5.91 Å². The summed E-state index contributed by atoms with van der Waals surface area (Å²) >= 11 is 0. The summed E-state index contributed by atoms with van der Waals surface area (Å²) in [5.74, 6) is 0.165. The molecule has 2 heteroatoms. The molecule has 0 N–H and O–H groups in total. The van der Waals surface area contributed by atoms with Crippen LogP contribution in [0.25, 0.3) is 0 Å². The highest BCUT2D eigenvalue weighted by Gasteiger charge is 2.22. The fraction of sp³-hybridized carbons (Fsp3) is 0.417. The molecular weight excluding hydrogens is 174 g/mol. The lowest BCUT2D eigenvalue weighted by Gasteiger charge is -2.26. The first-order chi connectivity index (χ1) is 6.59. The van der Waals surface area contributed by atoms with Gasteiger partial charge in [0.2, 0.25) is 0 Å². The second-order valence-corrected chi connectivity index (χ2v) is 4.08. The van der Waals surface area contributed by atoms with Gasteiger partial charge in [0, 0.05) is 19.2 Å². The molecule has 0 aromatic heterocycles. The minimum atomic E-state index is 0.165. The Morgan fingerprint density at radius 2 is 2.00 bits per heavy atom. The fourth-order valence-corrected chi connectivity index (χ4v) is 2.11. The predicted octanol–water partition coefficient (Wildman–Crippen LogP) is 1.93. The summed E-state index contributed by atoms with van der Waals surface area (Å²) < 4.78 is 0. The summed E-state index contributed by atoms with van der Waals surface area (Å²) in [6, 6.07) is 4.15. The number of rotatable bonds is 0. The lowest BCUT2D eigenvalue weighted by Crippen LogP contribution is -2.34. The molecule has 0 unspecified atom stereocenters. The summed E-state index contributed by atoms with van der Waals surface area (Å²) in [7, 11) is 1.86. The maximum absolute atomic E-state index is 11.8. The second kappa shape index (κ2) is 3.12. The van der Waals surface area contributed by atoms with Gasteiger partial charge in [0.25, 0.3) is 5.91 Å². The maximum Gasteiger partial charge on any atom is 0.253 e. The van der Waals surface area contributed by atoms with Crippen LogP contribution >= 0.6 is 0 Å². The van der Waals surface area contributed by atoms with Crippen molar-refractivity contribution < 1.29 is 4.79 Å². The van der Waals surface area contributed by atoms with Crippen LogP contribution in [0.15, 0.2) is 12.1 Å². The van der Waals surface area contributed by atoms with E-state index in [1.54, 1.807) is 4.90 Å². The van der Waals surface area contributed by atoms with Gasteiger partial charge >= 0.3 is 0 Å². The van der Waals surface area contributed by atoms with Crippen LogP contribution in [0.4, 0.5) is 0 Å². The van der Waals surface area contributed by atoms with E-state index in [0.717, 1.165) is 18.5 Å². The molecule has 14 heavy (non-hydrogen) atoms. The molecule has 0 atom stereocenters. The average molecular weight is 189 g/mol. The Morgan fingerprint density at radius 3 is 2.71 bits per heavy atom. The zero-order chi connectivity index (χ0) is 10.3. The van der Waals surface area contributed by atoms with Crippen LogP contribution in [-0.2, 0) is 6.42 Å². The zero-order valence-electron chi connectivity index (χ0n) is 8.92. The van der Waals surface area contributed by atoms with Crippen molar-refractivity contribution in [3.8, 4) is 0 Å². The van der Waals surface area contributed by atoms with E-state index in [4.69, 9.17) is 0 Å². The number of fused-ring (bicyclic) bond motifs is 1. The van der Waals surface area contributed by atoms with Gasteiger partial charge in [-0.15, -0.1) is 0 Å². The summed E-state index contributed by atoms with van der Waals surface area (Å²) in [4.78, 5) is 13.6. The lowest BCUT2D eigenvalue weighted by molar-refractivity contribution is 0.0780. The van der Waals surface area contributed by atoms with Gasteiger partial charge in [-0.1, -0.05) is 11.6 Å². The Hall–Kier alpha value is -1.31. The second-order valence-electron chi connectivity index (χ2n) is 4.08. The van der Waals surface area contributed by atoms with Crippen molar-refractivity contribution in [3.63, 3.8) is 0 Å². The largest absolute Gasteiger partial charge is 0.341 e. The Labute approximate surface area is 84.5 Å². The fourth-order valence-electron chi connectivity index (χ4n) is 2.11. The van der Waals surface area contributed by atoms with E-state index in [9.17, 15) is 4.79 Å². The number of nitrogens with zero attached hydrogens (tertiary/aromatic N) is 1. The van der Waals surface area contributed by atoms with E-state index in [-0.39, 0.29) is 5.91 Å². The van der Waals surface area contributed by atoms with Crippen LogP contribution in [0.5, 0.6) is 0 Å². The quantitative estimate of drug-likeness (QED) is 0.610. The van der Waals surface area contributed by atoms with Gasteiger partial charge in [-0.2, -0.15) is 0 Å². The van der Waals surface area contributed by atoms with Gasteiger partial charge in [-0.05, 0) is 37.5 Å². The molecule has 2 nitrogen and oxygen atoms in total. The monoisotopic (exact) mass is 189 g/mol. The van der Waals surface area contributed by atoms with Crippen LogP contribution in [0.1, 0.15) is 27.0 Å². The number of hydrogen-bond donors (Lipinski definition) is 0. The normalized spacial score (nSPS) is 15.6. The molecule has 1 amide bonds. The molecule has 74 valence electrons. The van der Waals surface area contributed by atoms with Crippen molar-refractivity contribution in [2.45, 2.75) is 20.3 Å². The summed E-state index contributed by atoms with van der Waals surface area (Å²) in [6.45, 7) is 4.97. The Bertz CT molecular complexity index is 396. The minimum Gasteiger partial charge on any atom is -0.341 e. The predicted molar refractivity (Wildman–Crippen MR) is 56.6 cm³/mol. The third-order valence-electron chi connectivity index (χ3n) is 2.89. The first-order valence-electron chi connectivity index (χ1n) is 4.95. The average Bonchev–Trinajstić information content (AvgIpc) is 2.12. The van der Waals surface area contributed by atoms with E-state index < -0.39 is 0 Å². The highest BCUT2D eigenvalue weighted by atomic mass is 16.2. The molecule has 1 heterocycles. The third-order valence-corrected chi connectivity index (χ3v) is 2.89. The van der Waals surface area contributed by atoms with Gasteiger partial charge < -0.3 is 4.90 Å². The van der Waals surface area contributed by atoms with Crippen molar-refractivity contribution in [3.05, 3.63) is 34.4 Å². The molecule has 0 spiro atoms. The molecule has 2 rings (SSSR count). The Morgan fingerprint density at radius 1 is 1.29 bits per heavy atom. The third kappa shape index (κ3) is 1.31. The molecule has 1 aromatic carbocycles. The van der Waals surface area contributed by atoms with E-state index in [1.165, 1.54) is 16.7 Å². The first kappa shape index (κ1) is 9.25. The van der Waals surface area contributed by atoms with Crippen LogP contribution < -0.4 is 0 Å². The maximum atomic E-state index is 11.8. The molecule has 0 bridgehead atoms. The summed E-state index contributed by atoms with van der Waals surface area (Å²) in [5.41, 5.74) is 4.56. The number of carbonyl (C=O) groups is 1. The Balaban J connectivity index is 2.60. The molecule has 1 aliphatic rings. The molecule has 1 aliphatic heterocycles. The van der Waals surface area contributed by atoms with Gasteiger partial charge in [0.05, 0.1) is 0 Å². The van der Waals surface area contributed by atoms with E-state index in [1.807, 2.05) is 20.0 Å². The smallest absolute Gasteiger partial charge is 0.253 e. The van der Waals surface area contributed by atoms with Crippen LogP contribution in [-0.4, -0.2) is 24.4 Å². The highest BCUT2D eigenvalue weighted by Crippen LogP contribution is 2.22. The van der Waals surface area contributed by atoms with Crippen molar-refractivity contribution in [2.75, 3.05) is 13.6 Å². The number of hydrogen-bond acceptors (Lipinski definition) is 1. The van der Waals surface area contributed by atoms with Crippen LogP contribution in [0.2, 0.25) is 0 Å². The van der Waals surface area contributed by atoms with Crippen molar-refractivity contribution in [1.82, 2.24) is 4.90 Å². The number of likely N-dealkylation sites (N-methyl/N-ethyl adjacent to an activating group) is 1. The van der Waals surface area contributed by atoms with Crippen LogP contribution in [0, 0.1) is 13.8 Å². The molecule has 0 saturated heterocycles. The number of aryl methyl sites for hydroxylation is 2. The van der Waals surface area contributed by atoms with Gasteiger partial charge in [0.15, 0.2) is 0 Å². The summed E-state index contributed by atoms with van der Waals surface area (Å²) in [5, 5.41) is 0. The zero-order valence-corrected chi connectivity index (χ0v) is 8.92. The number of benzene rings is 1. The van der Waals surface area contributed by atoms with E-state index in [0.29, 0.717) is 0 Å². The number of amides is 1. The highest BCUT2D eigenvalue weighted by molar-refractivity contribution is 5.97. The van der Waals surface area contributed by atoms with E-state index >= 15 is 0 Å². The van der Waals surface area contributed by atoms with Crippen molar-refractivity contribution in [2.24, 2.45) is 0 Å². The van der Waals surface area contributed by atoms with Gasteiger partial charge in [0.1, 0.15) is 0 Å². The summed E-state index contributed by atoms with van der Waals surface area (Å²) in [6.07, 6.45) is 0.990. The van der Waals surface area contributed by atoms with Crippen molar-refractivity contribution in [1.29, 1.82) is 0 Å². The molecule has 1 aromatic rings. The standard InChI is InChI=1S/C12H15NO/c1-8-6-9(2)10-4-5-13(3)12(14)11(10)7-8/h6-7H,4-5H2,1-3H3. The first-order valence-corrected chi connectivity index (χ1v) is 4.95. The van der Waals surface area contributed by atoms with Crippen LogP contribution in [0.3, 0.4) is 0 Å². The molecule has 0 radical (unpaired) electrons. The molecule has 0 aliphatic carbocycles. The molecular formula is C12H15NO. The molecule has 0 fully saturated rings. The molecule has 0 saturated carbocycles. The number of carbonyl (C=O) groups excluding carboxylic acids is 1. The minimum absolute atomic E-state index is 0.165. The Kier molecular flexibility index (Phi) is 2.06.